The molecule has 0 bridgehead atoms. The number of ether oxygens (including phenoxy) is 2. The molecule has 9 rings (SSSR count). The van der Waals surface area contributed by atoms with Gasteiger partial charge in [0.25, 0.3) is 11.8 Å². The number of aliphatic hydroxyl groups is 4. The number of amides is 2. The van der Waals surface area contributed by atoms with E-state index in [0.29, 0.717) is 47.7 Å². The van der Waals surface area contributed by atoms with Gasteiger partial charge >= 0.3 is 0 Å². The Morgan fingerprint density at radius 1 is 0.552 bits per heavy atom. The zero-order chi connectivity index (χ0) is 47.1. The van der Waals surface area contributed by atoms with Gasteiger partial charge < -0.3 is 61.8 Å². The van der Waals surface area contributed by atoms with Crippen molar-refractivity contribution in [1.29, 1.82) is 0 Å². The van der Waals surface area contributed by atoms with E-state index in [2.05, 4.69) is 76.8 Å². The van der Waals surface area contributed by atoms with Crippen LogP contribution in [0, 0.1) is 0 Å². The van der Waals surface area contributed by atoms with Crippen LogP contribution in [0.3, 0.4) is 0 Å². The molecule has 0 unspecified atom stereocenters. The van der Waals surface area contributed by atoms with Crippen LogP contribution in [0.4, 0.5) is 23.5 Å². The number of carbonyl (C=O) groups excluding carboxylic acids is 2. The van der Waals surface area contributed by atoms with Crippen molar-refractivity contribution in [2.45, 2.75) is 138 Å². The molecule has 7 heterocycles. The third-order valence-electron chi connectivity index (χ3n) is 12.4. The number of anilines is 4. The molecule has 10 N–H and O–H groups in total. The van der Waals surface area contributed by atoms with E-state index in [1.165, 1.54) is 21.8 Å². The number of rotatable bonds is 14. The summed E-state index contributed by atoms with van der Waals surface area (Å²) in [5, 5.41) is 61.6. The zero-order valence-corrected chi connectivity index (χ0v) is 38.4. The van der Waals surface area contributed by atoms with Crippen LogP contribution in [0.25, 0.3) is 22.3 Å². The van der Waals surface area contributed by atoms with Gasteiger partial charge in [-0.15, -0.1) is 0 Å². The van der Waals surface area contributed by atoms with Gasteiger partial charge in [-0.1, -0.05) is 0 Å². The van der Waals surface area contributed by atoms with Gasteiger partial charge in [-0.05, 0) is 100 Å². The molecule has 5 aromatic heterocycles. The highest BCUT2D eigenvalue weighted by Crippen LogP contribution is 2.36. The Bertz CT molecular complexity index is 2430. The normalized spacial score (nSPS) is 29.8. The van der Waals surface area contributed by atoms with Crippen molar-refractivity contribution in [2.75, 3.05) is 34.4 Å². The van der Waals surface area contributed by atoms with E-state index < -0.39 is 60.9 Å². The highest BCUT2D eigenvalue weighted by Gasteiger charge is 2.49. The van der Waals surface area contributed by atoms with Crippen LogP contribution >= 0.6 is 34.8 Å². The first-order valence-electron chi connectivity index (χ1n) is 22.1. The fraction of sp³-hybridized carbons (Fsp3) is 0.615. The third kappa shape index (κ3) is 9.78. The first-order valence-corrected chi connectivity index (χ1v) is 23.3. The average Bonchev–Trinajstić information content (AvgIpc) is 4.06. The van der Waals surface area contributed by atoms with Gasteiger partial charge in [-0.25, -0.2) is 9.97 Å². The number of hydrogen-bond acceptors (Lipinski definition) is 21. The molecule has 0 radical (unpaired) electrons. The number of fused-ring (bicyclic) bond motifs is 2. The van der Waals surface area contributed by atoms with E-state index in [-0.39, 0.29) is 51.3 Å². The summed E-state index contributed by atoms with van der Waals surface area (Å²) in [5.41, 5.74) is 1.30. The molecule has 2 saturated carbocycles. The monoisotopic (exact) mass is 989 g/mol. The Morgan fingerprint density at radius 3 is 1.28 bits per heavy atom. The molecule has 4 fully saturated rings. The Balaban J connectivity index is 0.772. The third-order valence-corrected chi connectivity index (χ3v) is 12.9. The number of aromatic nitrogens is 11. The molecule has 2 amide bonds. The lowest BCUT2D eigenvalue weighted by molar-refractivity contribution is -0.138. The Hall–Kier alpha value is -5.12. The predicted molar refractivity (Wildman–Crippen MR) is 241 cm³/mol. The van der Waals surface area contributed by atoms with Gasteiger partial charge in [0, 0.05) is 37.3 Å². The second-order valence-corrected chi connectivity index (χ2v) is 17.9. The van der Waals surface area contributed by atoms with Crippen LogP contribution in [0.2, 0.25) is 15.9 Å². The fourth-order valence-electron chi connectivity index (χ4n) is 9.11. The lowest BCUT2D eigenvalue weighted by Crippen LogP contribution is -2.42. The Labute approximate surface area is 396 Å². The van der Waals surface area contributed by atoms with Crippen molar-refractivity contribution < 1.29 is 39.5 Å². The van der Waals surface area contributed by atoms with Crippen molar-refractivity contribution in [1.82, 2.24) is 64.6 Å². The van der Waals surface area contributed by atoms with E-state index in [1.54, 1.807) is 13.8 Å². The molecule has 360 valence electrons. The van der Waals surface area contributed by atoms with E-state index in [9.17, 15) is 30.0 Å². The SMILES string of the molecule is CCNC(=O)[C@H]1O[C@@H](n2cnc3c(NC4CCC(Nc5nc(Cl)nc(NC6CCC(Nc7nc(Cl)nc8c7ncn8[C@@H]7O[C@H](C(=O)NCC)[C@@H](O)[C@H]7O)CC6)n5)CC4)nc(Cl)nc32)[C@H](O)[C@@H]1O. The van der Waals surface area contributed by atoms with Crippen LogP contribution in [0.15, 0.2) is 12.7 Å². The van der Waals surface area contributed by atoms with Crippen LogP contribution in [-0.4, -0.2) is 160 Å². The summed E-state index contributed by atoms with van der Waals surface area (Å²) >= 11 is 19.1. The summed E-state index contributed by atoms with van der Waals surface area (Å²) in [7, 11) is 0. The van der Waals surface area contributed by atoms with Gasteiger partial charge in [-0.2, -0.15) is 34.9 Å². The molecule has 4 aliphatic rings. The number of carbonyl (C=O) groups is 2. The zero-order valence-electron chi connectivity index (χ0n) is 36.1. The van der Waals surface area contributed by atoms with E-state index >= 15 is 0 Å². The van der Waals surface area contributed by atoms with Gasteiger partial charge in [0.2, 0.25) is 27.7 Å². The summed E-state index contributed by atoms with van der Waals surface area (Å²) in [6.45, 7) is 4.15. The smallest absolute Gasteiger partial charge is 0.252 e. The first kappa shape index (κ1) is 47.0. The minimum absolute atomic E-state index is 0.0119. The fourth-order valence-corrected chi connectivity index (χ4v) is 9.60. The topological polar surface area (TPSA) is 332 Å². The second kappa shape index (κ2) is 19.8. The number of likely N-dealkylation sites (N-methyl/N-ethyl adjacent to an activating group) is 2. The van der Waals surface area contributed by atoms with Crippen molar-refractivity contribution in [3.05, 3.63) is 28.5 Å². The van der Waals surface area contributed by atoms with Crippen LogP contribution in [-0.2, 0) is 19.1 Å². The molecule has 2 aliphatic heterocycles. The van der Waals surface area contributed by atoms with Crippen LogP contribution in [0.1, 0.15) is 77.7 Å². The van der Waals surface area contributed by atoms with Gasteiger partial charge in [-0.3, -0.25) is 18.7 Å². The van der Waals surface area contributed by atoms with Crippen LogP contribution < -0.4 is 31.9 Å². The standard InChI is InChI=1S/C39H50Cl3N17O8/c1-3-43-31(64)25-21(60)23(62)33(66-25)58-13-45-19-27(51-35(40)53-29(19)58)47-15-5-9-17(10-6-15)49-38-55-37(42)56-39(57-38)50-18-11-7-16(8-12-18)48-28-20-30(54-36(41)52-28)59(14-46-20)34-24(63)22(61)26(67-34)32(65)44-4-2/h13-18,21-26,33-34,60-63H,3-12H2,1-2H3,(H,43,64)(H,44,65)(H,47,51,53)(H,48,52,54)(H2,49,50,55,56,57)/t15?,16?,17?,18?,21-,22-,23+,24+,25-,26-,33+,34+/m0/s1. The molecule has 2 saturated heterocycles. The maximum Gasteiger partial charge on any atom is 0.252 e. The number of nitrogens with one attached hydrogen (secondary N) is 6. The highest BCUT2D eigenvalue weighted by molar-refractivity contribution is 6.29. The summed E-state index contributed by atoms with van der Waals surface area (Å²) in [5.74, 6) is 0.434. The van der Waals surface area contributed by atoms with Crippen molar-refractivity contribution >= 4 is 92.5 Å². The number of aliphatic hydroxyl groups excluding tert-OH is 4. The van der Waals surface area contributed by atoms with Crippen LogP contribution in [0.5, 0.6) is 0 Å². The first-order chi connectivity index (χ1) is 32.3. The molecule has 2 aliphatic carbocycles. The maximum absolute atomic E-state index is 12.4. The largest absolute Gasteiger partial charge is 0.387 e. The van der Waals surface area contributed by atoms with E-state index in [1.807, 2.05) is 0 Å². The second-order valence-electron chi connectivity index (χ2n) is 16.9. The Morgan fingerprint density at radius 2 is 0.910 bits per heavy atom. The maximum atomic E-state index is 12.4. The summed E-state index contributed by atoms with van der Waals surface area (Å²) < 4.78 is 14.4. The van der Waals surface area contributed by atoms with Gasteiger partial charge in [0.1, 0.15) is 24.4 Å². The highest BCUT2D eigenvalue weighted by atomic mass is 35.5. The molecule has 8 atom stereocenters. The van der Waals surface area contributed by atoms with Crippen molar-refractivity contribution in [3.63, 3.8) is 0 Å². The molecular weight excluding hydrogens is 941 g/mol. The molecule has 0 aromatic carbocycles. The molecule has 0 spiro atoms. The predicted octanol–water partition coefficient (Wildman–Crippen LogP) is 1.29. The quantitative estimate of drug-likeness (QED) is 0.0701. The molecule has 5 aromatic rings. The van der Waals surface area contributed by atoms with E-state index in [0.717, 1.165) is 51.4 Å². The van der Waals surface area contributed by atoms with Gasteiger partial charge in [0.15, 0.2) is 58.6 Å². The molecular formula is C39H50Cl3N17O8. The number of imidazole rings is 2. The van der Waals surface area contributed by atoms with Gasteiger partial charge in [0.05, 0.1) is 12.7 Å². The van der Waals surface area contributed by atoms with E-state index in [4.69, 9.17) is 44.3 Å². The average molecular weight is 991 g/mol. The summed E-state index contributed by atoms with van der Waals surface area (Å²) in [4.78, 5) is 64.6. The molecule has 28 heteroatoms. The van der Waals surface area contributed by atoms with Crippen molar-refractivity contribution in [3.8, 4) is 0 Å². The summed E-state index contributed by atoms with van der Waals surface area (Å²) in [6, 6.07) is 0.115. The van der Waals surface area contributed by atoms with Crippen molar-refractivity contribution in [2.24, 2.45) is 0 Å². The lowest BCUT2D eigenvalue weighted by atomic mass is 9.91. The minimum Gasteiger partial charge on any atom is -0.387 e. The number of hydrogen-bond donors (Lipinski definition) is 10. The minimum atomic E-state index is -1.46. The summed E-state index contributed by atoms with van der Waals surface area (Å²) in [6.07, 6.45) is -1.72. The Kier molecular flexibility index (Phi) is 13.9. The molecule has 25 nitrogen and oxygen atoms in total. The lowest BCUT2D eigenvalue weighted by Gasteiger charge is -2.31. The number of halogens is 3. The number of nitrogens with zero attached hydrogens (tertiary/aromatic N) is 11. The molecule has 67 heavy (non-hydrogen) atoms.